The lowest BCUT2D eigenvalue weighted by atomic mass is 10.0. The Bertz CT molecular complexity index is 566. The molecule has 0 radical (unpaired) electrons. The Balaban J connectivity index is 2.31. The quantitative estimate of drug-likeness (QED) is 0.882. The van der Waals surface area contributed by atoms with Crippen molar-refractivity contribution in [2.45, 2.75) is 6.42 Å². The molecule has 0 fully saturated rings. The van der Waals surface area contributed by atoms with E-state index in [1.54, 1.807) is 0 Å². The molecule has 2 N–H and O–H groups in total. The summed E-state index contributed by atoms with van der Waals surface area (Å²) >= 11 is 3.37. The Hall–Kier alpha value is -1.45. The average Bonchev–Trinajstić information content (AvgIpc) is 2.39. The molecule has 0 saturated carbocycles. The maximum Gasteiger partial charge on any atom is 0.193 e. The summed E-state index contributed by atoms with van der Waals surface area (Å²) in [5.74, 6) is 0.0372. The van der Waals surface area contributed by atoms with Gasteiger partial charge in [-0.2, -0.15) is 0 Å². The number of hydrogen-bond acceptors (Lipinski definition) is 2. The van der Waals surface area contributed by atoms with Gasteiger partial charge in [-0.1, -0.05) is 46.3 Å². The van der Waals surface area contributed by atoms with Crippen molar-refractivity contribution in [3.8, 4) is 0 Å². The molecule has 2 nitrogen and oxygen atoms in total. The highest BCUT2D eigenvalue weighted by Crippen LogP contribution is 2.16. The van der Waals surface area contributed by atoms with Gasteiger partial charge >= 0.3 is 0 Å². The standard InChI is InChI=1S/C15H14BrNO/c16-14-6-2-5-13(10-14)15(18)12-4-1-3-11(9-12)7-8-17/h1-6,9-10H,7-8,17H2. The maximum absolute atomic E-state index is 12.3. The van der Waals surface area contributed by atoms with Crippen LogP contribution in [0, 0.1) is 0 Å². The van der Waals surface area contributed by atoms with Gasteiger partial charge in [0.25, 0.3) is 0 Å². The molecule has 0 aliphatic carbocycles. The number of hydrogen-bond donors (Lipinski definition) is 1. The molecule has 2 rings (SSSR count). The second-order valence-corrected chi connectivity index (χ2v) is 4.99. The Morgan fingerprint density at radius 1 is 1.06 bits per heavy atom. The molecular formula is C15H14BrNO. The van der Waals surface area contributed by atoms with Gasteiger partial charge in [-0.15, -0.1) is 0 Å². The summed E-state index contributed by atoms with van der Waals surface area (Å²) in [6.45, 7) is 0.592. The van der Waals surface area contributed by atoms with Crippen molar-refractivity contribution >= 4 is 21.7 Å². The van der Waals surface area contributed by atoms with Crippen LogP contribution in [0.3, 0.4) is 0 Å². The first-order valence-electron chi connectivity index (χ1n) is 5.80. The van der Waals surface area contributed by atoms with E-state index in [9.17, 15) is 4.79 Å². The number of ketones is 1. The summed E-state index contributed by atoms with van der Waals surface area (Å²) in [6, 6.07) is 15.1. The molecule has 0 bridgehead atoms. The summed E-state index contributed by atoms with van der Waals surface area (Å²) in [4.78, 5) is 12.3. The van der Waals surface area contributed by atoms with Crippen LogP contribution in [0.25, 0.3) is 0 Å². The molecule has 0 aromatic heterocycles. The van der Waals surface area contributed by atoms with E-state index in [0.29, 0.717) is 17.7 Å². The van der Waals surface area contributed by atoms with Crippen LogP contribution in [0.2, 0.25) is 0 Å². The van der Waals surface area contributed by atoms with Crippen molar-refractivity contribution in [1.82, 2.24) is 0 Å². The molecular weight excluding hydrogens is 290 g/mol. The molecule has 0 spiro atoms. The lowest BCUT2D eigenvalue weighted by molar-refractivity contribution is 0.103. The normalized spacial score (nSPS) is 10.3. The number of carbonyl (C=O) groups excluding carboxylic acids is 1. The van der Waals surface area contributed by atoms with Gasteiger partial charge in [0, 0.05) is 15.6 Å². The minimum atomic E-state index is 0.0372. The Morgan fingerprint density at radius 3 is 2.39 bits per heavy atom. The minimum absolute atomic E-state index is 0.0372. The molecule has 18 heavy (non-hydrogen) atoms. The van der Waals surface area contributed by atoms with Gasteiger partial charge in [-0.3, -0.25) is 4.79 Å². The van der Waals surface area contributed by atoms with Crippen molar-refractivity contribution in [2.75, 3.05) is 6.54 Å². The minimum Gasteiger partial charge on any atom is -0.330 e. The summed E-state index contributed by atoms with van der Waals surface area (Å²) in [6.07, 6.45) is 0.791. The average molecular weight is 304 g/mol. The lowest BCUT2D eigenvalue weighted by Gasteiger charge is -2.04. The topological polar surface area (TPSA) is 43.1 Å². The number of benzene rings is 2. The number of rotatable bonds is 4. The zero-order chi connectivity index (χ0) is 13.0. The molecule has 0 heterocycles. The van der Waals surface area contributed by atoms with E-state index in [0.717, 1.165) is 16.5 Å². The van der Waals surface area contributed by atoms with Crippen molar-refractivity contribution in [1.29, 1.82) is 0 Å². The first-order chi connectivity index (χ1) is 8.70. The van der Waals surface area contributed by atoms with Gasteiger partial charge in [-0.05, 0) is 36.7 Å². The van der Waals surface area contributed by atoms with E-state index in [1.165, 1.54) is 0 Å². The van der Waals surface area contributed by atoms with Crippen LogP contribution in [-0.4, -0.2) is 12.3 Å². The monoisotopic (exact) mass is 303 g/mol. The van der Waals surface area contributed by atoms with Crippen molar-refractivity contribution < 1.29 is 4.79 Å². The molecule has 0 amide bonds. The number of nitrogens with two attached hydrogens (primary N) is 1. The van der Waals surface area contributed by atoms with Gasteiger partial charge in [-0.25, -0.2) is 0 Å². The fourth-order valence-corrected chi connectivity index (χ4v) is 2.23. The Morgan fingerprint density at radius 2 is 1.72 bits per heavy atom. The molecule has 0 aliphatic heterocycles. The van der Waals surface area contributed by atoms with Gasteiger partial charge in [0.2, 0.25) is 0 Å². The summed E-state index contributed by atoms with van der Waals surface area (Å²) in [5, 5.41) is 0. The molecule has 0 saturated heterocycles. The van der Waals surface area contributed by atoms with E-state index < -0.39 is 0 Å². The van der Waals surface area contributed by atoms with E-state index in [4.69, 9.17) is 5.73 Å². The predicted molar refractivity (Wildman–Crippen MR) is 76.8 cm³/mol. The van der Waals surface area contributed by atoms with Gasteiger partial charge < -0.3 is 5.73 Å². The fraction of sp³-hybridized carbons (Fsp3) is 0.133. The second-order valence-electron chi connectivity index (χ2n) is 4.08. The fourth-order valence-electron chi connectivity index (χ4n) is 1.83. The summed E-state index contributed by atoms with van der Waals surface area (Å²) in [5.41, 5.74) is 8.02. The third kappa shape index (κ3) is 3.06. The van der Waals surface area contributed by atoms with Crippen LogP contribution in [0.5, 0.6) is 0 Å². The highest BCUT2D eigenvalue weighted by Gasteiger charge is 2.09. The summed E-state index contributed by atoms with van der Waals surface area (Å²) in [7, 11) is 0. The second kappa shape index (κ2) is 5.94. The SMILES string of the molecule is NCCc1cccc(C(=O)c2cccc(Br)c2)c1. The molecule has 0 aliphatic rings. The largest absolute Gasteiger partial charge is 0.330 e. The first-order valence-corrected chi connectivity index (χ1v) is 6.59. The van der Waals surface area contributed by atoms with E-state index in [-0.39, 0.29) is 5.78 Å². The predicted octanol–water partition coefficient (Wildman–Crippen LogP) is 3.18. The third-order valence-corrected chi connectivity index (χ3v) is 3.20. The lowest BCUT2D eigenvalue weighted by Crippen LogP contribution is -2.05. The molecule has 2 aromatic carbocycles. The van der Waals surface area contributed by atoms with Crippen LogP contribution in [-0.2, 0) is 6.42 Å². The Kier molecular flexibility index (Phi) is 4.28. The first kappa shape index (κ1) is 13.0. The molecule has 92 valence electrons. The van der Waals surface area contributed by atoms with Crippen molar-refractivity contribution in [3.63, 3.8) is 0 Å². The van der Waals surface area contributed by atoms with Crippen molar-refractivity contribution in [2.24, 2.45) is 5.73 Å². The molecule has 0 atom stereocenters. The van der Waals surface area contributed by atoms with Crippen LogP contribution in [0.4, 0.5) is 0 Å². The zero-order valence-electron chi connectivity index (χ0n) is 9.90. The highest BCUT2D eigenvalue weighted by atomic mass is 79.9. The van der Waals surface area contributed by atoms with E-state index in [2.05, 4.69) is 15.9 Å². The van der Waals surface area contributed by atoms with Crippen LogP contribution in [0.1, 0.15) is 21.5 Å². The van der Waals surface area contributed by atoms with Crippen LogP contribution in [0.15, 0.2) is 53.0 Å². The van der Waals surface area contributed by atoms with Gasteiger partial charge in [0.15, 0.2) is 5.78 Å². The van der Waals surface area contributed by atoms with Gasteiger partial charge in [0.05, 0.1) is 0 Å². The van der Waals surface area contributed by atoms with E-state index >= 15 is 0 Å². The zero-order valence-corrected chi connectivity index (χ0v) is 11.5. The third-order valence-electron chi connectivity index (χ3n) is 2.71. The number of carbonyl (C=O) groups is 1. The maximum atomic E-state index is 12.3. The van der Waals surface area contributed by atoms with E-state index in [1.807, 2.05) is 48.5 Å². The van der Waals surface area contributed by atoms with Gasteiger partial charge in [0.1, 0.15) is 0 Å². The highest BCUT2D eigenvalue weighted by molar-refractivity contribution is 9.10. The molecule has 0 unspecified atom stereocenters. The summed E-state index contributed by atoms with van der Waals surface area (Å²) < 4.78 is 0.909. The molecule has 2 aromatic rings. The van der Waals surface area contributed by atoms with Crippen LogP contribution < -0.4 is 5.73 Å². The van der Waals surface area contributed by atoms with Crippen molar-refractivity contribution in [3.05, 3.63) is 69.7 Å². The molecule has 3 heteroatoms. The Labute approximate surface area is 115 Å². The smallest absolute Gasteiger partial charge is 0.193 e. The van der Waals surface area contributed by atoms with Crippen LogP contribution >= 0.6 is 15.9 Å². The number of halogens is 1.